The maximum Gasteiger partial charge on any atom is 0.255 e. The van der Waals surface area contributed by atoms with Crippen molar-refractivity contribution in [3.63, 3.8) is 0 Å². The Kier molecular flexibility index (Phi) is 5.74. The minimum atomic E-state index is -0.0470. The van der Waals surface area contributed by atoms with Crippen molar-refractivity contribution in [1.29, 1.82) is 0 Å². The summed E-state index contributed by atoms with van der Waals surface area (Å²) in [5.41, 5.74) is 7.10. The lowest BCUT2D eigenvalue weighted by Gasteiger charge is -2.31. The second-order valence-electron chi connectivity index (χ2n) is 7.51. The third kappa shape index (κ3) is 4.21. The van der Waals surface area contributed by atoms with Gasteiger partial charge in [0.15, 0.2) is 0 Å². The van der Waals surface area contributed by atoms with E-state index < -0.39 is 0 Å². The molecule has 1 aromatic rings. The van der Waals surface area contributed by atoms with Crippen molar-refractivity contribution >= 4 is 17.5 Å². The number of hydrogen-bond donors (Lipinski definition) is 2. The van der Waals surface area contributed by atoms with E-state index in [1.165, 1.54) is 19.3 Å². The molecule has 0 radical (unpaired) electrons. The molecule has 0 aliphatic heterocycles. The molecule has 0 aromatic heterocycles. The predicted octanol–water partition coefficient (Wildman–Crippen LogP) is 3.16. The monoisotopic (exact) mass is 343 g/mol. The Morgan fingerprint density at radius 1 is 1.08 bits per heavy atom. The summed E-state index contributed by atoms with van der Waals surface area (Å²) in [5.74, 6) is -0.0753. The van der Waals surface area contributed by atoms with Crippen LogP contribution >= 0.6 is 0 Å². The van der Waals surface area contributed by atoms with Crippen molar-refractivity contribution < 1.29 is 9.59 Å². The molecule has 2 amide bonds. The highest BCUT2D eigenvalue weighted by atomic mass is 16.2. The van der Waals surface area contributed by atoms with E-state index in [-0.39, 0.29) is 23.8 Å². The van der Waals surface area contributed by atoms with Crippen LogP contribution in [0.1, 0.15) is 61.7 Å². The van der Waals surface area contributed by atoms with Crippen LogP contribution in [0.2, 0.25) is 0 Å². The fraction of sp³-hybridized carbons (Fsp3) is 0.600. The van der Waals surface area contributed by atoms with E-state index in [9.17, 15) is 9.59 Å². The Balaban J connectivity index is 1.71. The molecule has 136 valence electrons. The first-order valence-corrected chi connectivity index (χ1v) is 9.49. The molecular formula is C20H29N3O2. The summed E-state index contributed by atoms with van der Waals surface area (Å²) in [5, 5.41) is 2.97. The number of carbonyl (C=O) groups is 2. The van der Waals surface area contributed by atoms with E-state index in [1.807, 2.05) is 30.1 Å². The van der Waals surface area contributed by atoms with E-state index in [0.29, 0.717) is 17.3 Å². The summed E-state index contributed by atoms with van der Waals surface area (Å²) in [7, 11) is 1.88. The normalized spacial score (nSPS) is 24.1. The van der Waals surface area contributed by atoms with Crippen LogP contribution in [0.5, 0.6) is 0 Å². The van der Waals surface area contributed by atoms with E-state index in [0.717, 1.165) is 32.1 Å². The molecule has 2 atom stereocenters. The number of amides is 2. The first-order valence-electron chi connectivity index (χ1n) is 9.49. The molecule has 2 saturated carbocycles. The maximum absolute atomic E-state index is 13.0. The summed E-state index contributed by atoms with van der Waals surface area (Å²) in [6.45, 7) is 0. The molecule has 0 heterocycles. The van der Waals surface area contributed by atoms with E-state index >= 15 is 0 Å². The standard InChI is InChI=1S/C20H29N3O2/c1-23(16-7-3-2-4-8-16)20(25)17-9-5-6-10-18(17)22-19(24)14-11-12-15(21)13-14/h5-6,9-10,14-16H,2-4,7-8,11-13,21H2,1H3,(H,22,24). The molecule has 2 unspecified atom stereocenters. The molecule has 5 nitrogen and oxygen atoms in total. The average Bonchev–Trinajstić information content (AvgIpc) is 3.08. The Morgan fingerprint density at radius 3 is 2.48 bits per heavy atom. The van der Waals surface area contributed by atoms with Gasteiger partial charge in [-0.25, -0.2) is 0 Å². The van der Waals surface area contributed by atoms with E-state index in [1.54, 1.807) is 6.07 Å². The summed E-state index contributed by atoms with van der Waals surface area (Å²) < 4.78 is 0. The Morgan fingerprint density at radius 2 is 1.80 bits per heavy atom. The Bertz CT molecular complexity index is 625. The lowest BCUT2D eigenvalue weighted by atomic mass is 9.94. The minimum Gasteiger partial charge on any atom is -0.339 e. The number of nitrogens with one attached hydrogen (secondary N) is 1. The van der Waals surface area contributed by atoms with Gasteiger partial charge in [0.25, 0.3) is 5.91 Å². The minimum absolute atomic E-state index is 0.00840. The predicted molar refractivity (Wildman–Crippen MR) is 99.4 cm³/mol. The van der Waals surface area contributed by atoms with Crippen LogP contribution in [0.25, 0.3) is 0 Å². The van der Waals surface area contributed by atoms with Crippen LogP contribution in [0, 0.1) is 5.92 Å². The molecule has 2 aliphatic carbocycles. The topological polar surface area (TPSA) is 75.4 Å². The van der Waals surface area contributed by atoms with Gasteiger partial charge in [0.05, 0.1) is 11.3 Å². The van der Waals surface area contributed by atoms with Gasteiger partial charge in [-0.15, -0.1) is 0 Å². The third-order valence-electron chi connectivity index (χ3n) is 5.70. The lowest BCUT2D eigenvalue weighted by molar-refractivity contribution is -0.119. The molecule has 5 heteroatoms. The van der Waals surface area contributed by atoms with Crippen LogP contribution in [0.3, 0.4) is 0 Å². The van der Waals surface area contributed by atoms with Crippen molar-refractivity contribution in [2.75, 3.05) is 12.4 Å². The smallest absolute Gasteiger partial charge is 0.255 e. The fourth-order valence-corrected chi connectivity index (χ4v) is 4.09. The van der Waals surface area contributed by atoms with Crippen molar-refractivity contribution in [3.05, 3.63) is 29.8 Å². The van der Waals surface area contributed by atoms with Crippen LogP contribution < -0.4 is 11.1 Å². The Labute approximate surface area is 150 Å². The maximum atomic E-state index is 13.0. The SMILES string of the molecule is CN(C(=O)c1ccccc1NC(=O)C1CCC(N)C1)C1CCCCC1. The summed E-state index contributed by atoms with van der Waals surface area (Å²) in [4.78, 5) is 27.3. The molecule has 3 rings (SSSR count). The van der Waals surface area contributed by atoms with E-state index in [4.69, 9.17) is 5.73 Å². The number of benzene rings is 1. The summed E-state index contributed by atoms with van der Waals surface area (Å²) in [6, 6.07) is 7.74. The van der Waals surface area contributed by atoms with Crippen molar-refractivity contribution in [1.82, 2.24) is 4.90 Å². The zero-order valence-corrected chi connectivity index (χ0v) is 15.0. The molecule has 3 N–H and O–H groups in total. The highest BCUT2D eigenvalue weighted by Gasteiger charge is 2.29. The number of rotatable bonds is 4. The molecule has 25 heavy (non-hydrogen) atoms. The van der Waals surface area contributed by atoms with Gasteiger partial charge in [0, 0.05) is 25.0 Å². The molecule has 2 aliphatic rings. The number of nitrogens with zero attached hydrogens (tertiary/aromatic N) is 1. The van der Waals surface area contributed by atoms with E-state index in [2.05, 4.69) is 5.32 Å². The van der Waals surface area contributed by atoms with Gasteiger partial charge in [0.2, 0.25) is 5.91 Å². The lowest BCUT2D eigenvalue weighted by Crippen LogP contribution is -2.38. The highest BCUT2D eigenvalue weighted by molar-refractivity contribution is 6.04. The summed E-state index contributed by atoms with van der Waals surface area (Å²) >= 11 is 0. The van der Waals surface area contributed by atoms with Crippen LogP contribution in [0.4, 0.5) is 5.69 Å². The van der Waals surface area contributed by atoms with Crippen LogP contribution in [0.15, 0.2) is 24.3 Å². The highest BCUT2D eigenvalue weighted by Crippen LogP contribution is 2.28. The quantitative estimate of drug-likeness (QED) is 0.882. The fourth-order valence-electron chi connectivity index (χ4n) is 4.09. The van der Waals surface area contributed by atoms with Gasteiger partial charge >= 0.3 is 0 Å². The second kappa shape index (κ2) is 8.00. The average molecular weight is 343 g/mol. The third-order valence-corrected chi connectivity index (χ3v) is 5.70. The van der Waals surface area contributed by atoms with Crippen LogP contribution in [-0.2, 0) is 4.79 Å². The number of nitrogens with two attached hydrogens (primary N) is 1. The van der Waals surface area contributed by atoms with Crippen molar-refractivity contribution in [2.45, 2.75) is 63.5 Å². The van der Waals surface area contributed by atoms with Gasteiger partial charge < -0.3 is 16.0 Å². The first kappa shape index (κ1) is 17.9. The molecule has 0 spiro atoms. The molecular weight excluding hydrogens is 314 g/mol. The molecule has 0 saturated heterocycles. The number of para-hydroxylation sites is 1. The van der Waals surface area contributed by atoms with Gasteiger partial charge in [0.1, 0.15) is 0 Å². The summed E-state index contributed by atoms with van der Waals surface area (Å²) in [6.07, 6.45) is 8.20. The van der Waals surface area contributed by atoms with Gasteiger partial charge in [-0.3, -0.25) is 9.59 Å². The Hall–Kier alpha value is -1.88. The largest absolute Gasteiger partial charge is 0.339 e. The molecule has 0 bridgehead atoms. The van der Waals surface area contributed by atoms with Gasteiger partial charge in [-0.1, -0.05) is 31.4 Å². The number of carbonyl (C=O) groups excluding carboxylic acids is 2. The van der Waals surface area contributed by atoms with Crippen LogP contribution in [-0.4, -0.2) is 35.8 Å². The molecule has 1 aromatic carbocycles. The first-order chi connectivity index (χ1) is 12.1. The zero-order chi connectivity index (χ0) is 17.8. The molecule has 2 fully saturated rings. The number of hydrogen-bond acceptors (Lipinski definition) is 3. The number of anilines is 1. The van der Waals surface area contributed by atoms with Crippen molar-refractivity contribution in [3.8, 4) is 0 Å². The zero-order valence-electron chi connectivity index (χ0n) is 15.0. The van der Waals surface area contributed by atoms with Gasteiger partial charge in [-0.05, 0) is 44.2 Å². The second-order valence-corrected chi connectivity index (χ2v) is 7.51. The van der Waals surface area contributed by atoms with Crippen molar-refractivity contribution in [2.24, 2.45) is 11.7 Å². The van der Waals surface area contributed by atoms with Gasteiger partial charge in [-0.2, -0.15) is 0 Å².